The normalized spacial score (nSPS) is 11.2. The molecule has 6 nitrogen and oxygen atoms in total. The lowest BCUT2D eigenvalue weighted by atomic mass is 10.1. The van der Waals surface area contributed by atoms with Crippen LogP contribution in [-0.2, 0) is 9.59 Å². The molecule has 1 aromatic carbocycles. The number of carboxylic acids is 1. The summed E-state index contributed by atoms with van der Waals surface area (Å²) in [6, 6.07) is 4.98. The largest absolute Gasteiger partial charge is 0.480 e. The molecule has 0 aromatic heterocycles. The number of benzene rings is 1. The number of rotatable bonds is 6. The molecule has 1 rings (SSSR count). The van der Waals surface area contributed by atoms with Crippen molar-refractivity contribution in [2.45, 2.75) is 33.2 Å². The van der Waals surface area contributed by atoms with Gasteiger partial charge in [0.25, 0.3) is 5.91 Å². The summed E-state index contributed by atoms with van der Waals surface area (Å²) in [5.41, 5.74) is 1.19. The van der Waals surface area contributed by atoms with Gasteiger partial charge in [-0.2, -0.15) is 0 Å². The highest BCUT2D eigenvalue weighted by Crippen LogP contribution is 2.14. The number of hydrogen-bond donors (Lipinski definition) is 2. The predicted octanol–water partition coefficient (Wildman–Crippen LogP) is 2.15. The van der Waals surface area contributed by atoms with Gasteiger partial charge in [-0.15, -0.1) is 0 Å². The minimum Gasteiger partial charge on any atom is -0.480 e. The molecule has 0 saturated heterocycles. The second kappa shape index (κ2) is 7.97. The molecule has 0 unspecified atom stereocenters. The first kappa shape index (κ1) is 17.4. The molecule has 1 atom stereocenters. The molecule has 0 fully saturated rings. The van der Waals surface area contributed by atoms with Crippen LogP contribution < -0.4 is 10.1 Å². The zero-order valence-corrected chi connectivity index (χ0v) is 12.8. The highest BCUT2D eigenvalue weighted by molar-refractivity contribution is 5.97. The Hall–Kier alpha value is -2.63. The standard InChI is InChI=1S/C16H19NO5/c1-10(2)7-8-14(16(20)21)17-15(19)12-5-4-6-13(9-12)22-11(3)18/h4-7,9,14H,8H2,1-3H3,(H,17,19)(H,20,21)/t14-/m0/s1. The van der Waals surface area contributed by atoms with Gasteiger partial charge in [0, 0.05) is 12.5 Å². The maximum absolute atomic E-state index is 12.1. The van der Waals surface area contributed by atoms with Crippen LogP contribution in [-0.4, -0.2) is 29.0 Å². The SMILES string of the molecule is CC(=O)Oc1cccc(C(=O)N[C@@H](CC=C(C)C)C(=O)O)c1. The molecule has 0 aliphatic carbocycles. The Bertz CT molecular complexity index is 602. The zero-order valence-electron chi connectivity index (χ0n) is 12.8. The van der Waals surface area contributed by atoms with Crippen LogP contribution in [0.15, 0.2) is 35.9 Å². The van der Waals surface area contributed by atoms with E-state index < -0.39 is 23.9 Å². The Morgan fingerprint density at radius 3 is 2.50 bits per heavy atom. The number of allylic oxidation sites excluding steroid dienone is 1. The van der Waals surface area contributed by atoms with Crippen LogP contribution in [0.25, 0.3) is 0 Å². The van der Waals surface area contributed by atoms with Gasteiger partial charge in [-0.05, 0) is 38.5 Å². The van der Waals surface area contributed by atoms with Crippen molar-refractivity contribution in [2.75, 3.05) is 0 Å². The quantitative estimate of drug-likeness (QED) is 0.477. The zero-order chi connectivity index (χ0) is 16.7. The average Bonchev–Trinajstić information content (AvgIpc) is 2.42. The number of carbonyl (C=O) groups excluding carboxylic acids is 2. The Morgan fingerprint density at radius 1 is 1.27 bits per heavy atom. The lowest BCUT2D eigenvalue weighted by Crippen LogP contribution is -2.40. The molecule has 0 aliphatic rings. The molecular weight excluding hydrogens is 286 g/mol. The second-order valence-corrected chi connectivity index (χ2v) is 5.00. The van der Waals surface area contributed by atoms with Crippen molar-refractivity contribution in [3.63, 3.8) is 0 Å². The Morgan fingerprint density at radius 2 is 1.95 bits per heavy atom. The van der Waals surface area contributed by atoms with Gasteiger partial charge in [-0.3, -0.25) is 9.59 Å². The molecule has 1 aromatic rings. The van der Waals surface area contributed by atoms with E-state index in [9.17, 15) is 14.4 Å². The van der Waals surface area contributed by atoms with E-state index in [0.717, 1.165) is 5.57 Å². The second-order valence-electron chi connectivity index (χ2n) is 5.00. The van der Waals surface area contributed by atoms with Crippen molar-refractivity contribution in [1.29, 1.82) is 0 Å². The summed E-state index contributed by atoms with van der Waals surface area (Å²) in [6.45, 7) is 4.96. The molecule has 2 N–H and O–H groups in total. The first-order chi connectivity index (χ1) is 10.3. The fraction of sp³-hybridized carbons (Fsp3) is 0.312. The number of ether oxygens (including phenoxy) is 1. The van der Waals surface area contributed by atoms with Gasteiger partial charge in [0.1, 0.15) is 11.8 Å². The summed E-state index contributed by atoms with van der Waals surface area (Å²) in [4.78, 5) is 34.2. The number of hydrogen-bond acceptors (Lipinski definition) is 4. The molecule has 6 heteroatoms. The lowest BCUT2D eigenvalue weighted by Gasteiger charge is -2.13. The Balaban J connectivity index is 2.83. The van der Waals surface area contributed by atoms with Crippen molar-refractivity contribution in [3.05, 3.63) is 41.5 Å². The van der Waals surface area contributed by atoms with Gasteiger partial charge in [0.15, 0.2) is 0 Å². The van der Waals surface area contributed by atoms with Crippen molar-refractivity contribution in [3.8, 4) is 5.75 Å². The third kappa shape index (κ3) is 5.78. The topological polar surface area (TPSA) is 92.7 Å². The van der Waals surface area contributed by atoms with Crippen LogP contribution in [0.2, 0.25) is 0 Å². The van der Waals surface area contributed by atoms with E-state index >= 15 is 0 Å². The first-order valence-corrected chi connectivity index (χ1v) is 6.75. The Labute approximate surface area is 128 Å². The van der Waals surface area contributed by atoms with Crippen LogP contribution in [0.4, 0.5) is 0 Å². The summed E-state index contributed by atoms with van der Waals surface area (Å²) in [6.07, 6.45) is 1.95. The van der Waals surface area contributed by atoms with Crippen LogP contribution in [0.5, 0.6) is 5.75 Å². The average molecular weight is 305 g/mol. The van der Waals surface area contributed by atoms with Gasteiger partial charge in [0.2, 0.25) is 0 Å². The fourth-order valence-corrected chi connectivity index (χ4v) is 1.68. The maximum atomic E-state index is 12.1. The van der Waals surface area contributed by atoms with Crippen molar-refractivity contribution in [1.82, 2.24) is 5.32 Å². The number of aliphatic carboxylic acids is 1. The molecule has 0 radical (unpaired) electrons. The minimum absolute atomic E-state index is 0.201. The van der Waals surface area contributed by atoms with E-state index in [2.05, 4.69) is 5.32 Å². The fourth-order valence-electron chi connectivity index (χ4n) is 1.68. The lowest BCUT2D eigenvalue weighted by molar-refractivity contribution is -0.139. The molecule has 0 heterocycles. The molecule has 0 bridgehead atoms. The summed E-state index contributed by atoms with van der Waals surface area (Å²) in [5.74, 6) is -1.91. The Kier molecular flexibility index (Phi) is 6.31. The van der Waals surface area contributed by atoms with Crippen molar-refractivity contribution >= 4 is 17.8 Å². The molecule has 22 heavy (non-hydrogen) atoms. The summed E-state index contributed by atoms with van der Waals surface area (Å²) in [7, 11) is 0. The van der Waals surface area contributed by atoms with Gasteiger partial charge in [-0.25, -0.2) is 4.79 Å². The first-order valence-electron chi connectivity index (χ1n) is 6.75. The van der Waals surface area contributed by atoms with E-state index in [0.29, 0.717) is 0 Å². The van der Waals surface area contributed by atoms with Gasteiger partial charge in [-0.1, -0.05) is 17.7 Å². The van der Waals surface area contributed by atoms with Crippen LogP contribution in [0.3, 0.4) is 0 Å². The molecular formula is C16H19NO5. The highest BCUT2D eigenvalue weighted by atomic mass is 16.5. The molecule has 0 spiro atoms. The van der Waals surface area contributed by atoms with E-state index in [1.54, 1.807) is 12.1 Å². The minimum atomic E-state index is -1.11. The van der Waals surface area contributed by atoms with E-state index in [1.165, 1.54) is 25.1 Å². The van der Waals surface area contributed by atoms with Gasteiger partial charge in [0.05, 0.1) is 0 Å². The van der Waals surface area contributed by atoms with Crippen molar-refractivity contribution in [2.24, 2.45) is 0 Å². The third-order valence-electron chi connectivity index (χ3n) is 2.72. The third-order valence-corrected chi connectivity index (χ3v) is 2.72. The molecule has 1 amide bonds. The van der Waals surface area contributed by atoms with Crippen molar-refractivity contribution < 1.29 is 24.2 Å². The van der Waals surface area contributed by atoms with Crippen LogP contribution >= 0.6 is 0 Å². The van der Waals surface area contributed by atoms with Crippen LogP contribution in [0, 0.1) is 0 Å². The number of carboxylic acid groups (broad SMARTS) is 1. The molecule has 0 saturated carbocycles. The smallest absolute Gasteiger partial charge is 0.326 e. The highest BCUT2D eigenvalue weighted by Gasteiger charge is 2.19. The van der Waals surface area contributed by atoms with Crippen LogP contribution in [0.1, 0.15) is 37.6 Å². The monoisotopic (exact) mass is 305 g/mol. The number of esters is 1. The number of carbonyl (C=O) groups is 3. The van der Waals surface area contributed by atoms with Gasteiger partial charge < -0.3 is 15.2 Å². The summed E-state index contributed by atoms with van der Waals surface area (Å²) >= 11 is 0. The maximum Gasteiger partial charge on any atom is 0.326 e. The van der Waals surface area contributed by atoms with E-state index in [-0.39, 0.29) is 17.7 Å². The summed E-state index contributed by atoms with van der Waals surface area (Å²) in [5, 5.41) is 11.6. The van der Waals surface area contributed by atoms with Gasteiger partial charge >= 0.3 is 11.9 Å². The number of nitrogens with one attached hydrogen (secondary N) is 1. The summed E-state index contributed by atoms with van der Waals surface area (Å²) < 4.78 is 4.89. The molecule has 0 aliphatic heterocycles. The molecule has 118 valence electrons. The number of amides is 1. The van der Waals surface area contributed by atoms with E-state index in [1.807, 2.05) is 13.8 Å². The van der Waals surface area contributed by atoms with E-state index in [4.69, 9.17) is 9.84 Å². The predicted molar refractivity (Wildman–Crippen MR) is 80.7 cm³/mol.